The van der Waals surface area contributed by atoms with E-state index in [1.165, 1.54) is 0 Å². The Morgan fingerprint density at radius 3 is 2.63 bits per heavy atom. The second-order valence-electron chi connectivity index (χ2n) is 5.48. The molecule has 4 nitrogen and oxygen atoms in total. The molecule has 1 aromatic carbocycles. The lowest BCUT2D eigenvalue weighted by atomic mass is 10.0. The van der Waals surface area contributed by atoms with Crippen molar-refractivity contribution in [1.29, 1.82) is 0 Å². The van der Waals surface area contributed by atoms with Gasteiger partial charge in [0.05, 0.1) is 0 Å². The standard InChI is InChI=1S/C15H22N2O2/c1-6-12-8-11(7-10(2)13(12)16)9-17-14(18)19-15(3,4)5/h6-8H,1,9,16H2,2-5H3,(H,17,18). The molecule has 0 saturated heterocycles. The van der Waals surface area contributed by atoms with Crippen molar-refractivity contribution in [3.05, 3.63) is 35.4 Å². The van der Waals surface area contributed by atoms with Crippen molar-refractivity contribution in [1.82, 2.24) is 5.32 Å². The maximum Gasteiger partial charge on any atom is 0.407 e. The molecule has 0 fully saturated rings. The van der Waals surface area contributed by atoms with E-state index in [2.05, 4.69) is 11.9 Å². The van der Waals surface area contributed by atoms with E-state index in [9.17, 15) is 4.79 Å². The molecule has 0 aliphatic carbocycles. The van der Waals surface area contributed by atoms with E-state index in [-0.39, 0.29) is 0 Å². The van der Waals surface area contributed by atoms with Crippen molar-refractivity contribution in [2.45, 2.75) is 39.8 Å². The second kappa shape index (κ2) is 5.78. The minimum atomic E-state index is -0.493. The van der Waals surface area contributed by atoms with Gasteiger partial charge in [0, 0.05) is 12.2 Å². The highest BCUT2D eigenvalue weighted by Gasteiger charge is 2.15. The van der Waals surface area contributed by atoms with Crippen molar-refractivity contribution in [3.8, 4) is 0 Å². The Hall–Kier alpha value is -1.97. The molecule has 0 atom stereocenters. The molecule has 0 heterocycles. The van der Waals surface area contributed by atoms with Crippen LogP contribution >= 0.6 is 0 Å². The molecule has 0 unspecified atom stereocenters. The zero-order valence-electron chi connectivity index (χ0n) is 12.0. The van der Waals surface area contributed by atoms with Crippen LogP contribution in [0.4, 0.5) is 10.5 Å². The van der Waals surface area contributed by atoms with Gasteiger partial charge in [-0.05, 0) is 50.5 Å². The number of anilines is 1. The lowest BCUT2D eigenvalue weighted by Gasteiger charge is -2.20. The van der Waals surface area contributed by atoms with E-state index in [1.54, 1.807) is 6.08 Å². The summed E-state index contributed by atoms with van der Waals surface area (Å²) in [6, 6.07) is 3.85. The summed E-state index contributed by atoms with van der Waals surface area (Å²) >= 11 is 0. The first kappa shape index (κ1) is 15.1. The summed E-state index contributed by atoms with van der Waals surface area (Å²) in [5, 5.41) is 2.72. The third-order valence-corrected chi connectivity index (χ3v) is 2.53. The van der Waals surface area contributed by atoms with Gasteiger partial charge in [0.1, 0.15) is 5.60 Å². The van der Waals surface area contributed by atoms with Crippen LogP contribution in [0.5, 0.6) is 0 Å². The number of nitrogens with one attached hydrogen (secondary N) is 1. The topological polar surface area (TPSA) is 64.3 Å². The molecule has 0 radical (unpaired) electrons. The molecule has 0 aromatic heterocycles. The van der Waals surface area contributed by atoms with Gasteiger partial charge in [0.25, 0.3) is 0 Å². The summed E-state index contributed by atoms with van der Waals surface area (Å²) in [7, 11) is 0. The quantitative estimate of drug-likeness (QED) is 0.822. The Balaban J connectivity index is 2.71. The molecule has 3 N–H and O–H groups in total. The van der Waals surface area contributed by atoms with Crippen LogP contribution in [-0.4, -0.2) is 11.7 Å². The Labute approximate surface area is 114 Å². The molecule has 0 bridgehead atoms. The first-order valence-corrected chi connectivity index (χ1v) is 6.21. The zero-order chi connectivity index (χ0) is 14.6. The number of benzene rings is 1. The van der Waals surface area contributed by atoms with Gasteiger partial charge < -0.3 is 15.8 Å². The summed E-state index contributed by atoms with van der Waals surface area (Å²) in [5.74, 6) is 0. The third-order valence-electron chi connectivity index (χ3n) is 2.53. The van der Waals surface area contributed by atoms with Crippen LogP contribution in [0, 0.1) is 6.92 Å². The van der Waals surface area contributed by atoms with Crippen LogP contribution in [0.25, 0.3) is 6.08 Å². The van der Waals surface area contributed by atoms with E-state index in [0.29, 0.717) is 6.54 Å². The fraction of sp³-hybridized carbons (Fsp3) is 0.400. The van der Waals surface area contributed by atoms with Gasteiger partial charge in [-0.1, -0.05) is 18.7 Å². The van der Waals surface area contributed by atoms with Gasteiger partial charge in [0.15, 0.2) is 0 Å². The Bertz CT molecular complexity index is 488. The number of rotatable bonds is 3. The van der Waals surface area contributed by atoms with Gasteiger partial charge in [-0.2, -0.15) is 0 Å². The third kappa shape index (κ3) is 4.66. The fourth-order valence-corrected chi connectivity index (χ4v) is 1.66. The highest BCUT2D eigenvalue weighted by Crippen LogP contribution is 2.20. The van der Waals surface area contributed by atoms with Crippen LogP contribution in [0.2, 0.25) is 0 Å². The average molecular weight is 262 g/mol. The van der Waals surface area contributed by atoms with E-state index < -0.39 is 11.7 Å². The van der Waals surface area contributed by atoms with Gasteiger partial charge >= 0.3 is 6.09 Å². The van der Waals surface area contributed by atoms with E-state index in [1.807, 2.05) is 39.8 Å². The average Bonchev–Trinajstić information content (AvgIpc) is 2.28. The summed E-state index contributed by atoms with van der Waals surface area (Å²) < 4.78 is 5.18. The first-order valence-electron chi connectivity index (χ1n) is 6.21. The lowest BCUT2D eigenvalue weighted by Crippen LogP contribution is -2.32. The van der Waals surface area contributed by atoms with E-state index >= 15 is 0 Å². The summed E-state index contributed by atoms with van der Waals surface area (Å²) in [5.41, 5.74) is 8.96. The Morgan fingerprint density at radius 1 is 1.47 bits per heavy atom. The largest absolute Gasteiger partial charge is 0.444 e. The van der Waals surface area contributed by atoms with E-state index in [4.69, 9.17) is 10.5 Å². The SMILES string of the molecule is C=Cc1cc(CNC(=O)OC(C)(C)C)cc(C)c1N. The van der Waals surface area contributed by atoms with Crippen LogP contribution in [0.1, 0.15) is 37.5 Å². The molecule has 1 aromatic rings. The highest BCUT2D eigenvalue weighted by molar-refractivity contribution is 5.69. The second-order valence-corrected chi connectivity index (χ2v) is 5.48. The molecule has 0 saturated carbocycles. The fourth-order valence-electron chi connectivity index (χ4n) is 1.66. The number of aryl methyl sites for hydroxylation is 1. The molecule has 19 heavy (non-hydrogen) atoms. The highest BCUT2D eigenvalue weighted by atomic mass is 16.6. The molecular weight excluding hydrogens is 240 g/mol. The minimum Gasteiger partial charge on any atom is -0.444 e. The molecule has 4 heteroatoms. The normalized spacial score (nSPS) is 10.9. The predicted molar refractivity (Wildman–Crippen MR) is 78.8 cm³/mol. The van der Waals surface area contributed by atoms with Gasteiger partial charge in [-0.15, -0.1) is 0 Å². The number of carbonyl (C=O) groups is 1. The number of carbonyl (C=O) groups excluding carboxylic acids is 1. The van der Waals surface area contributed by atoms with Crippen LogP contribution in [0.3, 0.4) is 0 Å². The van der Waals surface area contributed by atoms with Crippen molar-refractivity contribution < 1.29 is 9.53 Å². The van der Waals surface area contributed by atoms with Crippen LogP contribution in [0.15, 0.2) is 18.7 Å². The van der Waals surface area contributed by atoms with Crippen molar-refractivity contribution in [2.75, 3.05) is 5.73 Å². The minimum absolute atomic E-state index is 0.400. The van der Waals surface area contributed by atoms with Gasteiger partial charge in [-0.3, -0.25) is 0 Å². The predicted octanol–water partition coefficient (Wildman–Crippen LogP) is 3.24. The number of alkyl carbamates (subject to hydrolysis) is 1. The maximum absolute atomic E-state index is 11.6. The number of nitrogens with two attached hydrogens (primary N) is 1. The Kier molecular flexibility index (Phi) is 4.59. The molecular formula is C15H22N2O2. The number of ether oxygens (including phenoxy) is 1. The number of amides is 1. The monoisotopic (exact) mass is 262 g/mol. The van der Waals surface area contributed by atoms with E-state index in [0.717, 1.165) is 22.4 Å². The summed E-state index contributed by atoms with van der Waals surface area (Å²) in [6.07, 6.45) is 1.28. The number of hydrogen-bond acceptors (Lipinski definition) is 3. The smallest absolute Gasteiger partial charge is 0.407 e. The molecule has 1 rings (SSSR count). The number of hydrogen-bond donors (Lipinski definition) is 2. The van der Waals surface area contributed by atoms with Crippen LogP contribution < -0.4 is 11.1 Å². The van der Waals surface area contributed by atoms with Crippen molar-refractivity contribution >= 4 is 17.9 Å². The van der Waals surface area contributed by atoms with Crippen molar-refractivity contribution in [3.63, 3.8) is 0 Å². The van der Waals surface area contributed by atoms with Crippen molar-refractivity contribution in [2.24, 2.45) is 0 Å². The molecule has 104 valence electrons. The maximum atomic E-state index is 11.6. The van der Waals surface area contributed by atoms with Crippen LogP contribution in [-0.2, 0) is 11.3 Å². The molecule has 0 aliphatic heterocycles. The first-order chi connectivity index (χ1) is 8.73. The summed E-state index contributed by atoms with van der Waals surface area (Å²) in [6.45, 7) is 11.5. The number of nitrogen functional groups attached to an aromatic ring is 1. The zero-order valence-corrected chi connectivity index (χ0v) is 12.0. The summed E-state index contributed by atoms with van der Waals surface area (Å²) in [4.78, 5) is 11.6. The van der Waals surface area contributed by atoms with Gasteiger partial charge in [-0.25, -0.2) is 4.79 Å². The lowest BCUT2D eigenvalue weighted by molar-refractivity contribution is 0.0523. The Morgan fingerprint density at radius 2 is 2.11 bits per heavy atom. The van der Waals surface area contributed by atoms with Gasteiger partial charge in [0.2, 0.25) is 0 Å². The molecule has 0 spiro atoms. The molecule has 1 amide bonds. The molecule has 0 aliphatic rings.